The highest BCUT2D eigenvalue weighted by atomic mass is 32.1. The van der Waals surface area contributed by atoms with E-state index in [4.69, 9.17) is 9.47 Å². The van der Waals surface area contributed by atoms with Crippen molar-refractivity contribution in [3.05, 3.63) is 39.8 Å². The number of rotatable bonds is 8. The molecule has 114 valence electrons. The second-order valence-corrected chi connectivity index (χ2v) is 5.58. The van der Waals surface area contributed by atoms with Gasteiger partial charge in [0, 0.05) is 11.9 Å². The van der Waals surface area contributed by atoms with Crippen molar-refractivity contribution >= 4 is 11.3 Å². The van der Waals surface area contributed by atoms with Gasteiger partial charge in [-0.15, -0.1) is 11.3 Å². The van der Waals surface area contributed by atoms with Gasteiger partial charge in [-0.05, 0) is 30.7 Å². The van der Waals surface area contributed by atoms with Crippen LogP contribution in [0, 0.1) is 0 Å². The van der Waals surface area contributed by atoms with Crippen LogP contribution in [-0.2, 0) is 19.6 Å². The average Bonchev–Trinajstić information content (AvgIpc) is 2.99. The van der Waals surface area contributed by atoms with Crippen LogP contribution >= 0.6 is 11.3 Å². The summed E-state index contributed by atoms with van der Waals surface area (Å²) in [5.41, 5.74) is 2.15. The van der Waals surface area contributed by atoms with Gasteiger partial charge in [0.1, 0.15) is 6.61 Å². The maximum atomic E-state index is 5.88. The van der Waals surface area contributed by atoms with Crippen LogP contribution in [0.2, 0.25) is 0 Å². The van der Waals surface area contributed by atoms with Gasteiger partial charge in [-0.25, -0.2) is 4.98 Å². The number of ether oxygens (including phenoxy) is 2. The SMILES string of the molecule is CCNCc1ccc(OC)c(OCc2csc(CC)n2)c1. The normalized spacial score (nSPS) is 10.6. The van der Waals surface area contributed by atoms with Crippen LogP contribution in [0.1, 0.15) is 30.1 Å². The maximum Gasteiger partial charge on any atom is 0.162 e. The highest BCUT2D eigenvalue weighted by Crippen LogP contribution is 2.29. The summed E-state index contributed by atoms with van der Waals surface area (Å²) in [6.45, 7) is 6.44. The highest BCUT2D eigenvalue weighted by molar-refractivity contribution is 7.09. The Balaban J connectivity index is 2.05. The smallest absolute Gasteiger partial charge is 0.162 e. The minimum atomic E-state index is 0.470. The first-order chi connectivity index (χ1) is 10.3. The summed E-state index contributed by atoms with van der Waals surface area (Å²) >= 11 is 1.68. The van der Waals surface area contributed by atoms with Crippen molar-refractivity contribution in [2.75, 3.05) is 13.7 Å². The van der Waals surface area contributed by atoms with E-state index in [0.29, 0.717) is 6.61 Å². The topological polar surface area (TPSA) is 43.4 Å². The lowest BCUT2D eigenvalue weighted by Gasteiger charge is -2.12. The van der Waals surface area contributed by atoms with E-state index in [-0.39, 0.29) is 0 Å². The molecule has 0 saturated heterocycles. The zero-order chi connectivity index (χ0) is 15.1. The number of hydrogen-bond donors (Lipinski definition) is 1. The molecule has 1 aromatic carbocycles. The average molecular weight is 306 g/mol. The summed E-state index contributed by atoms with van der Waals surface area (Å²) < 4.78 is 11.2. The fourth-order valence-corrected chi connectivity index (χ4v) is 2.67. The van der Waals surface area contributed by atoms with Gasteiger partial charge in [0.05, 0.1) is 17.8 Å². The Morgan fingerprint density at radius 2 is 2.10 bits per heavy atom. The first-order valence-corrected chi connectivity index (χ1v) is 8.08. The Labute approximate surface area is 130 Å². The van der Waals surface area contributed by atoms with Gasteiger partial charge in [-0.3, -0.25) is 0 Å². The molecule has 0 unspecified atom stereocenters. The van der Waals surface area contributed by atoms with E-state index >= 15 is 0 Å². The molecule has 2 rings (SSSR count). The zero-order valence-electron chi connectivity index (χ0n) is 12.8. The molecule has 1 N–H and O–H groups in total. The molecule has 0 radical (unpaired) electrons. The van der Waals surface area contributed by atoms with Gasteiger partial charge in [0.25, 0.3) is 0 Å². The van der Waals surface area contributed by atoms with Gasteiger partial charge < -0.3 is 14.8 Å². The third kappa shape index (κ3) is 4.44. The lowest BCUT2D eigenvalue weighted by molar-refractivity contribution is 0.281. The van der Waals surface area contributed by atoms with E-state index in [2.05, 4.69) is 24.1 Å². The van der Waals surface area contributed by atoms with Crippen molar-refractivity contribution in [3.63, 3.8) is 0 Å². The number of benzene rings is 1. The van der Waals surface area contributed by atoms with Gasteiger partial charge in [-0.2, -0.15) is 0 Å². The lowest BCUT2D eigenvalue weighted by atomic mass is 10.2. The second kappa shape index (κ2) is 8.00. The lowest BCUT2D eigenvalue weighted by Crippen LogP contribution is -2.11. The van der Waals surface area contributed by atoms with Crippen molar-refractivity contribution in [2.45, 2.75) is 33.4 Å². The van der Waals surface area contributed by atoms with Crippen molar-refractivity contribution in [1.29, 1.82) is 0 Å². The first-order valence-electron chi connectivity index (χ1n) is 7.20. The van der Waals surface area contributed by atoms with Crippen LogP contribution in [0.5, 0.6) is 11.5 Å². The largest absolute Gasteiger partial charge is 0.493 e. The third-order valence-electron chi connectivity index (χ3n) is 3.08. The monoisotopic (exact) mass is 306 g/mol. The standard InChI is InChI=1S/C16H22N2O2S/c1-4-16-18-13(11-21-16)10-20-15-8-12(9-17-5-2)6-7-14(15)19-3/h6-8,11,17H,4-5,9-10H2,1-3H3. The van der Waals surface area contributed by atoms with Gasteiger partial charge in [-0.1, -0.05) is 19.9 Å². The summed E-state index contributed by atoms with van der Waals surface area (Å²) in [6.07, 6.45) is 0.964. The van der Waals surface area contributed by atoms with Crippen LogP contribution in [0.15, 0.2) is 23.6 Å². The Morgan fingerprint density at radius 3 is 2.76 bits per heavy atom. The molecule has 0 spiro atoms. The number of nitrogens with one attached hydrogen (secondary N) is 1. The summed E-state index contributed by atoms with van der Waals surface area (Å²) in [5.74, 6) is 1.51. The maximum absolute atomic E-state index is 5.88. The number of hydrogen-bond acceptors (Lipinski definition) is 5. The summed E-state index contributed by atoms with van der Waals surface area (Å²) in [7, 11) is 1.66. The van der Waals surface area contributed by atoms with Crippen LogP contribution in [0.3, 0.4) is 0 Å². The van der Waals surface area contributed by atoms with Crippen molar-refractivity contribution in [3.8, 4) is 11.5 Å². The summed E-state index contributed by atoms with van der Waals surface area (Å²) in [6, 6.07) is 6.02. The minimum absolute atomic E-state index is 0.470. The molecule has 5 heteroatoms. The van der Waals surface area contributed by atoms with E-state index in [9.17, 15) is 0 Å². The van der Waals surface area contributed by atoms with Crippen LogP contribution in [-0.4, -0.2) is 18.6 Å². The number of methoxy groups -OCH3 is 1. The molecule has 0 aliphatic heterocycles. The molecular weight excluding hydrogens is 284 g/mol. The number of nitrogens with zero attached hydrogens (tertiary/aromatic N) is 1. The van der Waals surface area contributed by atoms with Crippen LogP contribution in [0.4, 0.5) is 0 Å². The fraction of sp³-hybridized carbons (Fsp3) is 0.438. The summed E-state index contributed by atoms with van der Waals surface area (Å²) in [5, 5.41) is 6.50. The van der Waals surface area contributed by atoms with Crippen molar-refractivity contribution in [2.24, 2.45) is 0 Å². The molecule has 0 aliphatic rings. The van der Waals surface area contributed by atoms with Crippen LogP contribution in [0.25, 0.3) is 0 Å². The fourth-order valence-electron chi connectivity index (χ4n) is 1.94. The number of aryl methyl sites for hydroxylation is 1. The quantitative estimate of drug-likeness (QED) is 0.812. The predicted molar refractivity (Wildman–Crippen MR) is 86.2 cm³/mol. The molecule has 0 saturated carbocycles. The molecule has 4 nitrogen and oxygen atoms in total. The predicted octanol–water partition coefficient (Wildman–Crippen LogP) is 3.40. The number of aromatic nitrogens is 1. The Hall–Kier alpha value is -1.59. The van der Waals surface area contributed by atoms with E-state index in [1.165, 1.54) is 5.56 Å². The van der Waals surface area contributed by atoms with Crippen molar-refractivity contribution in [1.82, 2.24) is 10.3 Å². The molecular formula is C16H22N2O2S. The Morgan fingerprint density at radius 1 is 1.24 bits per heavy atom. The second-order valence-electron chi connectivity index (χ2n) is 4.64. The van der Waals surface area contributed by atoms with E-state index in [1.807, 2.05) is 23.6 Å². The van der Waals surface area contributed by atoms with Crippen molar-refractivity contribution < 1.29 is 9.47 Å². The molecule has 21 heavy (non-hydrogen) atoms. The highest BCUT2D eigenvalue weighted by Gasteiger charge is 2.08. The summed E-state index contributed by atoms with van der Waals surface area (Å²) in [4.78, 5) is 4.51. The zero-order valence-corrected chi connectivity index (χ0v) is 13.6. The van der Waals surface area contributed by atoms with E-state index in [1.54, 1.807) is 18.4 Å². The van der Waals surface area contributed by atoms with E-state index in [0.717, 1.165) is 41.7 Å². The molecule has 0 aliphatic carbocycles. The Bertz CT molecular complexity index is 569. The van der Waals surface area contributed by atoms with Gasteiger partial charge in [0.2, 0.25) is 0 Å². The molecule has 1 aromatic heterocycles. The van der Waals surface area contributed by atoms with Crippen LogP contribution < -0.4 is 14.8 Å². The first kappa shape index (κ1) is 15.8. The van der Waals surface area contributed by atoms with Gasteiger partial charge in [0.15, 0.2) is 11.5 Å². The Kier molecular flexibility index (Phi) is 6.02. The molecule has 2 aromatic rings. The molecule has 1 heterocycles. The van der Waals surface area contributed by atoms with Gasteiger partial charge >= 0.3 is 0 Å². The third-order valence-corrected chi connectivity index (χ3v) is 4.13. The number of thiazole rings is 1. The molecule has 0 atom stereocenters. The van der Waals surface area contributed by atoms with E-state index < -0.39 is 0 Å². The molecule has 0 fully saturated rings. The minimum Gasteiger partial charge on any atom is -0.493 e. The molecule has 0 bridgehead atoms. The molecule has 0 amide bonds.